The van der Waals surface area contributed by atoms with E-state index in [0.29, 0.717) is 12.4 Å². The topological polar surface area (TPSA) is 70.2 Å². The van der Waals surface area contributed by atoms with Gasteiger partial charge in [0.05, 0.1) is 17.8 Å². The van der Waals surface area contributed by atoms with Crippen LogP contribution in [0.3, 0.4) is 0 Å². The van der Waals surface area contributed by atoms with E-state index < -0.39 is 0 Å². The third-order valence-electron chi connectivity index (χ3n) is 4.58. The average molecular weight is 323 g/mol. The van der Waals surface area contributed by atoms with Gasteiger partial charge in [-0.15, -0.1) is 0 Å². The van der Waals surface area contributed by atoms with E-state index in [-0.39, 0.29) is 5.91 Å². The molecule has 2 N–H and O–H groups in total. The van der Waals surface area contributed by atoms with Gasteiger partial charge in [-0.05, 0) is 32.0 Å². The lowest BCUT2D eigenvalue weighted by molar-refractivity contribution is -0.115. The first-order chi connectivity index (χ1) is 11.8. The second kappa shape index (κ2) is 6.57. The van der Waals surface area contributed by atoms with Crippen LogP contribution in [0.2, 0.25) is 0 Å². The van der Waals surface area contributed by atoms with Crippen LogP contribution < -0.4 is 10.6 Å². The second-order valence-corrected chi connectivity index (χ2v) is 6.31. The van der Waals surface area contributed by atoms with E-state index >= 15 is 0 Å². The number of fused-ring (bicyclic) bond motifs is 3. The van der Waals surface area contributed by atoms with Crippen molar-refractivity contribution in [2.45, 2.75) is 19.3 Å². The van der Waals surface area contributed by atoms with Crippen molar-refractivity contribution in [3.05, 3.63) is 36.0 Å². The molecule has 2 aromatic rings. The SMILES string of the molecule is O=C1Cc2cnc(NCCN3CCCC3)nc2-c2ccccc2N1. The number of carbonyl (C=O) groups is 1. The summed E-state index contributed by atoms with van der Waals surface area (Å²) >= 11 is 0. The highest BCUT2D eigenvalue weighted by atomic mass is 16.1. The molecule has 124 valence electrons. The number of hydrogen-bond acceptors (Lipinski definition) is 5. The molecule has 0 spiro atoms. The van der Waals surface area contributed by atoms with Crippen LogP contribution in [0.1, 0.15) is 18.4 Å². The fourth-order valence-electron chi connectivity index (χ4n) is 3.35. The monoisotopic (exact) mass is 323 g/mol. The van der Waals surface area contributed by atoms with Crippen LogP contribution in [0.15, 0.2) is 30.5 Å². The molecule has 1 saturated heterocycles. The summed E-state index contributed by atoms with van der Waals surface area (Å²) in [5, 5.41) is 6.25. The maximum Gasteiger partial charge on any atom is 0.228 e. The number of nitrogens with zero attached hydrogens (tertiary/aromatic N) is 3. The van der Waals surface area contributed by atoms with Gasteiger partial charge in [0.25, 0.3) is 0 Å². The Morgan fingerprint density at radius 2 is 2.04 bits per heavy atom. The molecule has 0 bridgehead atoms. The first-order valence-electron chi connectivity index (χ1n) is 8.51. The minimum Gasteiger partial charge on any atom is -0.353 e. The Hall–Kier alpha value is -2.47. The van der Waals surface area contributed by atoms with Gasteiger partial charge in [0.1, 0.15) is 0 Å². The number of nitrogens with one attached hydrogen (secondary N) is 2. The van der Waals surface area contributed by atoms with E-state index in [2.05, 4.69) is 25.5 Å². The van der Waals surface area contributed by atoms with Gasteiger partial charge < -0.3 is 15.5 Å². The number of anilines is 2. The Labute approximate surface area is 141 Å². The van der Waals surface area contributed by atoms with Gasteiger partial charge >= 0.3 is 0 Å². The number of para-hydroxylation sites is 1. The Balaban J connectivity index is 1.56. The Bertz CT molecular complexity index is 755. The molecule has 2 aliphatic rings. The third-order valence-corrected chi connectivity index (χ3v) is 4.58. The summed E-state index contributed by atoms with van der Waals surface area (Å²) in [7, 11) is 0. The van der Waals surface area contributed by atoms with Crippen molar-refractivity contribution in [1.82, 2.24) is 14.9 Å². The normalized spacial score (nSPS) is 16.9. The number of benzene rings is 1. The van der Waals surface area contributed by atoms with Gasteiger partial charge in [0.2, 0.25) is 11.9 Å². The van der Waals surface area contributed by atoms with Gasteiger partial charge in [0.15, 0.2) is 0 Å². The van der Waals surface area contributed by atoms with Crippen molar-refractivity contribution in [2.24, 2.45) is 0 Å². The highest BCUT2D eigenvalue weighted by Gasteiger charge is 2.20. The largest absolute Gasteiger partial charge is 0.353 e. The van der Waals surface area contributed by atoms with Gasteiger partial charge in [-0.2, -0.15) is 0 Å². The molecule has 1 amide bonds. The van der Waals surface area contributed by atoms with Gasteiger partial charge in [-0.3, -0.25) is 4.79 Å². The molecule has 0 saturated carbocycles. The van der Waals surface area contributed by atoms with Crippen LogP contribution in [0, 0.1) is 0 Å². The first-order valence-corrected chi connectivity index (χ1v) is 8.51. The van der Waals surface area contributed by atoms with Gasteiger partial charge in [-0.1, -0.05) is 18.2 Å². The van der Waals surface area contributed by atoms with Crippen LogP contribution in [0.5, 0.6) is 0 Å². The van der Waals surface area contributed by atoms with E-state index in [4.69, 9.17) is 0 Å². The molecule has 1 fully saturated rings. The lowest BCUT2D eigenvalue weighted by Gasteiger charge is -2.15. The standard InChI is InChI=1S/C18H21N5O/c24-16-11-13-12-20-18(19-7-10-23-8-3-4-9-23)22-17(13)14-5-1-2-6-15(14)21-16/h1-2,5-6,12H,3-4,7-11H2,(H,21,24)(H,19,20,22). The molecule has 0 aliphatic carbocycles. The number of amides is 1. The van der Waals surface area contributed by atoms with Crippen LogP contribution >= 0.6 is 0 Å². The van der Waals surface area contributed by atoms with E-state index in [9.17, 15) is 4.79 Å². The maximum absolute atomic E-state index is 12.0. The van der Waals surface area contributed by atoms with E-state index in [1.54, 1.807) is 6.20 Å². The predicted octanol–water partition coefficient (Wildman–Crippen LogP) is 2.15. The predicted molar refractivity (Wildman–Crippen MR) is 94.0 cm³/mol. The lowest BCUT2D eigenvalue weighted by Crippen LogP contribution is -2.26. The molecule has 6 nitrogen and oxygen atoms in total. The summed E-state index contributed by atoms with van der Waals surface area (Å²) in [5.74, 6) is 0.594. The molecule has 0 radical (unpaired) electrons. The van der Waals surface area contributed by atoms with Gasteiger partial charge in [-0.25, -0.2) is 9.97 Å². The molecular formula is C18H21N5O. The highest BCUT2D eigenvalue weighted by molar-refractivity contribution is 5.99. The molecule has 2 aliphatic heterocycles. The Morgan fingerprint density at radius 3 is 2.92 bits per heavy atom. The number of hydrogen-bond donors (Lipinski definition) is 2. The minimum absolute atomic E-state index is 0.0282. The molecular weight excluding hydrogens is 302 g/mol. The summed E-state index contributed by atoms with van der Waals surface area (Å²) in [5.41, 5.74) is 3.46. The quantitative estimate of drug-likeness (QED) is 0.902. The maximum atomic E-state index is 12.0. The van der Waals surface area contributed by atoms with E-state index in [0.717, 1.165) is 35.6 Å². The minimum atomic E-state index is -0.0282. The summed E-state index contributed by atoms with van der Waals surface area (Å²) in [6.07, 6.45) is 4.67. The molecule has 24 heavy (non-hydrogen) atoms. The van der Waals surface area contributed by atoms with Crippen LogP contribution in [-0.4, -0.2) is 47.0 Å². The summed E-state index contributed by atoms with van der Waals surface area (Å²) in [4.78, 5) is 23.5. The summed E-state index contributed by atoms with van der Waals surface area (Å²) < 4.78 is 0. The van der Waals surface area contributed by atoms with Crippen LogP contribution in [0.4, 0.5) is 11.6 Å². The molecule has 1 aromatic heterocycles. The zero-order chi connectivity index (χ0) is 16.4. The smallest absolute Gasteiger partial charge is 0.228 e. The van der Waals surface area contributed by atoms with E-state index in [1.165, 1.54) is 25.9 Å². The number of carbonyl (C=O) groups excluding carboxylic acids is 1. The van der Waals surface area contributed by atoms with Crippen molar-refractivity contribution in [3.8, 4) is 11.3 Å². The molecule has 4 rings (SSSR count). The summed E-state index contributed by atoms with van der Waals surface area (Å²) in [6, 6.07) is 7.77. The highest BCUT2D eigenvalue weighted by Crippen LogP contribution is 2.32. The molecule has 6 heteroatoms. The molecule has 0 unspecified atom stereocenters. The lowest BCUT2D eigenvalue weighted by atomic mass is 10.1. The Kier molecular flexibility index (Phi) is 4.13. The number of aromatic nitrogens is 2. The van der Waals surface area contributed by atoms with Crippen molar-refractivity contribution in [3.63, 3.8) is 0 Å². The number of rotatable bonds is 4. The Morgan fingerprint density at radius 1 is 1.21 bits per heavy atom. The third kappa shape index (κ3) is 3.10. The van der Waals surface area contributed by atoms with Crippen LogP contribution in [0.25, 0.3) is 11.3 Å². The number of likely N-dealkylation sites (tertiary alicyclic amines) is 1. The van der Waals surface area contributed by atoms with Crippen molar-refractivity contribution >= 4 is 17.5 Å². The van der Waals surface area contributed by atoms with Gasteiger partial charge in [0, 0.05) is 30.4 Å². The molecule has 1 aromatic carbocycles. The zero-order valence-corrected chi connectivity index (χ0v) is 13.6. The molecule has 0 atom stereocenters. The fourth-order valence-corrected chi connectivity index (χ4v) is 3.35. The average Bonchev–Trinajstić information content (AvgIpc) is 3.05. The second-order valence-electron chi connectivity index (χ2n) is 6.31. The summed E-state index contributed by atoms with van der Waals surface area (Å²) in [6.45, 7) is 4.22. The van der Waals surface area contributed by atoms with Crippen LogP contribution in [-0.2, 0) is 11.2 Å². The first kappa shape index (κ1) is 15.1. The van der Waals surface area contributed by atoms with Crippen molar-refractivity contribution < 1.29 is 4.79 Å². The fraction of sp³-hybridized carbons (Fsp3) is 0.389. The molecule has 3 heterocycles. The van der Waals surface area contributed by atoms with Crippen molar-refractivity contribution in [1.29, 1.82) is 0 Å². The van der Waals surface area contributed by atoms with Crippen molar-refractivity contribution in [2.75, 3.05) is 36.8 Å². The van der Waals surface area contributed by atoms with E-state index in [1.807, 2.05) is 24.3 Å². The zero-order valence-electron chi connectivity index (χ0n) is 13.6.